The van der Waals surface area contributed by atoms with Crippen LogP contribution in [0, 0.1) is 0 Å². The monoisotopic (exact) mass is 275 g/mol. The highest BCUT2D eigenvalue weighted by molar-refractivity contribution is 5.93. The molecule has 2 aliphatic rings. The van der Waals surface area contributed by atoms with E-state index in [4.69, 9.17) is 5.73 Å². The van der Waals surface area contributed by atoms with Crippen molar-refractivity contribution < 1.29 is 0 Å². The number of nitrogens with one attached hydrogen (secondary N) is 2. The van der Waals surface area contributed by atoms with Gasteiger partial charge in [0.2, 0.25) is 5.96 Å². The molecule has 2 aliphatic heterocycles. The molecule has 2 saturated heterocycles. The van der Waals surface area contributed by atoms with Crippen molar-refractivity contribution in [3.05, 3.63) is 30.3 Å². The van der Waals surface area contributed by atoms with Crippen LogP contribution >= 0.6 is 0 Å². The summed E-state index contributed by atoms with van der Waals surface area (Å²) in [6, 6.07) is 10.1. The summed E-state index contributed by atoms with van der Waals surface area (Å²) >= 11 is 0. The third kappa shape index (κ3) is 2.84. The first-order chi connectivity index (χ1) is 9.84. The molecule has 0 radical (unpaired) electrons. The number of hydrazine groups is 1. The van der Waals surface area contributed by atoms with Gasteiger partial charge in [0.25, 0.3) is 0 Å². The normalized spacial score (nSPS) is 20.6. The summed E-state index contributed by atoms with van der Waals surface area (Å²) in [7, 11) is 0. The summed E-state index contributed by atoms with van der Waals surface area (Å²) in [5, 5.41) is 17.2. The van der Waals surface area contributed by atoms with Crippen LogP contribution in [0.15, 0.2) is 35.4 Å². The van der Waals surface area contributed by atoms with Gasteiger partial charge in [-0.25, -0.2) is 5.01 Å². The van der Waals surface area contributed by atoms with Gasteiger partial charge in [-0.2, -0.15) is 5.01 Å². The molecule has 7 heteroatoms. The predicted octanol–water partition coefficient (Wildman–Crippen LogP) is -0.637. The van der Waals surface area contributed by atoms with Crippen LogP contribution in [-0.2, 0) is 0 Å². The number of hydrazone groups is 1. The molecule has 0 amide bonds. The molecule has 0 saturated carbocycles. The van der Waals surface area contributed by atoms with Crippen LogP contribution in [0.3, 0.4) is 0 Å². The van der Waals surface area contributed by atoms with Crippen molar-refractivity contribution in [1.29, 1.82) is 0 Å². The smallest absolute Gasteiger partial charge is 0.233 e. The lowest BCUT2D eigenvalue weighted by molar-refractivity contribution is 0.328. The van der Waals surface area contributed by atoms with E-state index in [2.05, 4.69) is 20.7 Å². The number of benzene rings is 1. The number of nitrogens with zero attached hydrogens (tertiary/aromatic N) is 4. The summed E-state index contributed by atoms with van der Waals surface area (Å²) in [4.78, 5) is 0. The van der Waals surface area contributed by atoms with Crippen molar-refractivity contribution >= 4 is 11.6 Å². The Bertz CT molecular complexity index is 449. The minimum atomic E-state index is 0.503. The van der Waals surface area contributed by atoms with E-state index in [0.717, 1.165) is 45.2 Å². The van der Waals surface area contributed by atoms with Crippen LogP contribution < -0.4 is 21.4 Å². The number of para-hydroxylation sites is 1. The first kappa shape index (κ1) is 13.2. The Labute approximate surface area is 119 Å². The van der Waals surface area contributed by atoms with E-state index in [1.165, 1.54) is 0 Å². The van der Waals surface area contributed by atoms with Crippen LogP contribution in [-0.4, -0.2) is 55.5 Å². The van der Waals surface area contributed by atoms with Crippen LogP contribution in [0.25, 0.3) is 0 Å². The summed E-state index contributed by atoms with van der Waals surface area (Å²) in [6.07, 6.45) is 0. The Morgan fingerprint density at radius 3 is 2.50 bits per heavy atom. The maximum absolute atomic E-state index is 6.25. The number of guanidine groups is 1. The van der Waals surface area contributed by atoms with Gasteiger partial charge >= 0.3 is 0 Å². The third-order valence-corrected chi connectivity index (χ3v) is 3.43. The lowest BCUT2D eigenvalue weighted by Crippen LogP contribution is -2.50. The van der Waals surface area contributed by atoms with Gasteiger partial charge in [0, 0.05) is 19.6 Å². The van der Waals surface area contributed by atoms with E-state index in [-0.39, 0.29) is 0 Å². The fourth-order valence-electron chi connectivity index (χ4n) is 2.44. The molecule has 1 aromatic rings. The molecule has 0 atom stereocenters. The Morgan fingerprint density at radius 2 is 1.85 bits per heavy atom. The number of nitrogens with two attached hydrogens (primary N) is 1. The Kier molecular flexibility index (Phi) is 4.00. The molecule has 2 heterocycles. The van der Waals surface area contributed by atoms with Gasteiger partial charge < -0.3 is 11.1 Å². The first-order valence-electron chi connectivity index (χ1n) is 6.95. The number of anilines is 1. The topological polar surface area (TPSA) is 72.2 Å². The Balaban J connectivity index is 1.84. The molecule has 2 fully saturated rings. The summed E-state index contributed by atoms with van der Waals surface area (Å²) in [6.45, 7) is 5.26. The quantitative estimate of drug-likeness (QED) is 0.504. The molecule has 0 bridgehead atoms. The minimum absolute atomic E-state index is 0.503. The Hall–Kier alpha value is -1.83. The van der Waals surface area contributed by atoms with Crippen molar-refractivity contribution in [3.8, 4) is 0 Å². The standard InChI is InChI=1S/C13H21N7/c14-13(17-18-8-6-15-10-18)20(19-9-7-16-11-19)12-4-2-1-3-5-12/h1-5,15-16H,6-11H2,(H2,14,17). The average Bonchev–Trinajstić information content (AvgIpc) is 3.14. The number of hydrogen-bond donors (Lipinski definition) is 3. The summed E-state index contributed by atoms with van der Waals surface area (Å²) in [5.74, 6) is 0.503. The van der Waals surface area contributed by atoms with Gasteiger partial charge in [-0.15, -0.1) is 5.10 Å². The zero-order chi connectivity index (χ0) is 13.8. The van der Waals surface area contributed by atoms with Crippen LogP contribution in [0.4, 0.5) is 5.69 Å². The van der Waals surface area contributed by atoms with Crippen LogP contribution in [0.5, 0.6) is 0 Å². The lowest BCUT2D eigenvalue weighted by Gasteiger charge is -2.32. The number of rotatable bonds is 3. The highest BCUT2D eigenvalue weighted by Gasteiger charge is 2.23. The van der Waals surface area contributed by atoms with E-state index in [1.807, 2.05) is 40.3 Å². The van der Waals surface area contributed by atoms with Gasteiger partial charge in [0.15, 0.2) is 0 Å². The molecule has 4 N–H and O–H groups in total. The van der Waals surface area contributed by atoms with Crippen molar-refractivity contribution in [2.75, 3.05) is 44.5 Å². The van der Waals surface area contributed by atoms with E-state index in [9.17, 15) is 0 Å². The average molecular weight is 275 g/mol. The zero-order valence-electron chi connectivity index (χ0n) is 11.5. The summed E-state index contributed by atoms with van der Waals surface area (Å²) in [5.41, 5.74) is 7.28. The van der Waals surface area contributed by atoms with Gasteiger partial charge in [-0.05, 0) is 12.1 Å². The highest BCUT2D eigenvalue weighted by atomic mass is 15.7. The molecule has 7 nitrogen and oxygen atoms in total. The van der Waals surface area contributed by atoms with E-state index in [1.54, 1.807) is 0 Å². The maximum atomic E-state index is 6.25. The largest absolute Gasteiger partial charge is 0.367 e. The summed E-state index contributed by atoms with van der Waals surface area (Å²) < 4.78 is 0. The SMILES string of the molecule is NC(=NN1CCNC1)N(c1ccccc1)N1CCNC1. The van der Waals surface area contributed by atoms with Gasteiger partial charge in [0.05, 0.1) is 25.6 Å². The molecule has 0 spiro atoms. The molecule has 0 aliphatic carbocycles. The fraction of sp³-hybridized carbons (Fsp3) is 0.462. The van der Waals surface area contributed by atoms with Gasteiger partial charge in [-0.3, -0.25) is 10.3 Å². The van der Waals surface area contributed by atoms with E-state index in [0.29, 0.717) is 5.96 Å². The zero-order valence-corrected chi connectivity index (χ0v) is 11.5. The predicted molar refractivity (Wildman–Crippen MR) is 79.7 cm³/mol. The van der Waals surface area contributed by atoms with E-state index < -0.39 is 0 Å². The maximum Gasteiger partial charge on any atom is 0.233 e. The minimum Gasteiger partial charge on any atom is -0.367 e. The fourth-order valence-corrected chi connectivity index (χ4v) is 2.44. The molecule has 108 valence electrons. The van der Waals surface area contributed by atoms with Gasteiger partial charge in [0.1, 0.15) is 0 Å². The molecule has 0 aromatic heterocycles. The third-order valence-electron chi connectivity index (χ3n) is 3.43. The molecule has 0 unspecified atom stereocenters. The van der Waals surface area contributed by atoms with Gasteiger partial charge in [-0.1, -0.05) is 18.2 Å². The second-order valence-electron chi connectivity index (χ2n) is 4.88. The highest BCUT2D eigenvalue weighted by Crippen LogP contribution is 2.16. The second-order valence-corrected chi connectivity index (χ2v) is 4.88. The van der Waals surface area contributed by atoms with Crippen molar-refractivity contribution in [3.63, 3.8) is 0 Å². The number of hydrogen-bond acceptors (Lipinski definition) is 5. The van der Waals surface area contributed by atoms with Crippen LogP contribution in [0.1, 0.15) is 0 Å². The van der Waals surface area contributed by atoms with Crippen molar-refractivity contribution in [2.24, 2.45) is 10.8 Å². The van der Waals surface area contributed by atoms with Crippen LogP contribution in [0.2, 0.25) is 0 Å². The molecule has 1 aromatic carbocycles. The molecule has 20 heavy (non-hydrogen) atoms. The second kappa shape index (κ2) is 6.08. The van der Waals surface area contributed by atoms with Crippen molar-refractivity contribution in [1.82, 2.24) is 20.7 Å². The lowest BCUT2D eigenvalue weighted by atomic mass is 10.3. The molecule has 3 rings (SSSR count). The molecular formula is C13H21N7. The molecular weight excluding hydrogens is 254 g/mol. The van der Waals surface area contributed by atoms with E-state index >= 15 is 0 Å². The van der Waals surface area contributed by atoms with Crippen molar-refractivity contribution in [2.45, 2.75) is 0 Å². The first-order valence-corrected chi connectivity index (χ1v) is 6.95. The Morgan fingerprint density at radius 1 is 1.10 bits per heavy atom.